The first kappa shape index (κ1) is 25.3. The molecule has 0 aliphatic carbocycles. The molecular weight excluding hydrogens is 498 g/mol. The van der Waals surface area contributed by atoms with Crippen LogP contribution >= 0.6 is 11.6 Å². The second kappa shape index (κ2) is 10.2. The summed E-state index contributed by atoms with van der Waals surface area (Å²) < 4.78 is 1.68. The van der Waals surface area contributed by atoms with Crippen molar-refractivity contribution < 1.29 is 9.59 Å². The van der Waals surface area contributed by atoms with E-state index in [0.717, 1.165) is 27.9 Å². The van der Waals surface area contributed by atoms with E-state index >= 15 is 0 Å². The van der Waals surface area contributed by atoms with Gasteiger partial charge in [0.1, 0.15) is 17.4 Å². The summed E-state index contributed by atoms with van der Waals surface area (Å²) in [5.74, 6) is -0.0420. The van der Waals surface area contributed by atoms with Gasteiger partial charge in [-0.15, -0.1) is 0 Å². The Hall–Kier alpha value is -4.36. The summed E-state index contributed by atoms with van der Waals surface area (Å²) in [5.41, 5.74) is 6.87. The lowest BCUT2D eigenvalue weighted by molar-refractivity contribution is -0.113. The maximum atomic E-state index is 13.7. The largest absolute Gasteiger partial charge is 0.343 e. The Morgan fingerprint density at radius 1 is 0.895 bits per heavy atom. The Balaban J connectivity index is 1.54. The molecule has 7 nitrogen and oxygen atoms in total. The number of halogens is 1. The van der Waals surface area contributed by atoms with Crippen molar-refractivity contribution in [1.29, 1.82) is 0 Å². The predicted octanol–water partition coefficient (Wildman–Crippen LogP) is 6.64. The Labute approximate surface area is 226 Å². The number of nitrogens with one attached hydrogen (secondary N) is 3. The number of carbonyl (C=O) groups excluding carboxylic acids is 2. The van der Waals surface area contributed by atoms with Crippen molar-refractivity contribution >= 4 is 40.6 Å². The van der Waals surface area contributed by atoms with Crippen molar-refractivity contribution in [2.75, 3.05) is 16.0 Å². The van der Waals surface area contributed by atoms with Crippen LogP contribution in [0.2, 0.25) is 5.02 Å². The van der Waals surface area contributed by atoms with Gasteiger partial charge in [-0.05, 0) is 74.7 Å². The van der Waals surface area contributed by atoms with Crippen molar-refractivity contribution in [1.82, 2.24) is 9.78 Å². The van der Waals surface area contributed by atoms with Gasteiger partial charge in [0.05, 0.1) is 11.8 Å². The van der Waals surface area contributed by atoms with E-state index in [9.17, 15) is 9.59 Å². The van der Waals surface area contributed by atoms with Gasteiger partial charge in [-0.2, -0.15) is 5.10 Å². The first-order valence-corrected chi connectivity index (χ1v) is 12.7. The molecule has 1 aliphatic heterocycles. The molecule has 2 heterocycles. The maximum Gasteiger partial charge on any atom is 0.261 e. The van der Waals surface area contributed by atoms with Gasteiger partial charge in [-0.25, -0.2) is 4.68 Å². The zero-order chi connectivity index (χ0) is 27.0. The zero-order valence-electron chi connectivity index (χ0n) is 21.6. The lowest BCUT2D eigenvalue weighted by Gasteiger charge is -2.30. The topological polar surface area (TPSA) is 88.0 Å². The monoisotopic (exact) mass is 525 g/mol. The molecule has 0 bridgehead atoms. The number of amides is 2. The highest BCUT2D eigenvalue weighted by Crippen LogP contribution is 2.38. The molecule has 1 aromatic heterocycles. The summed E-state index contributed by atoms with van der Waals surface area (Å²) in [4.78, 5) is 27.0. The summed E-state index contributed by atoms with van der Waals surface area (Å²) in [6.45, 7) is 7.77. The number of fused-ring (bicyclic) bond motifs is 1. The van der Waals surface area contributed by atoms with Crippen LogP contribution in [0.25, 0.3) is 0 Å². The van der Waals surface area contributed by atoms with Gasteiger partial charge in [-0.3, -0.25) is 9.59 Å². The number of anilines is 3. The van der Waals surface area contributed by atoms with E-state index in [4.69, 9.17) is 11.6 Å². The fourth-order valence-corrected chi connectivity index (χ4v) is 4.86. The number of carbonyl (C=O) groups is 2. The third-order valence-corrected chi connectivity index (χ3v) is 6.86. The molecule has 4 aromatic rings. The second-order valence-electron chi connectivity index (χ2n) is 9.57. The number of aromatic nitrogens is 2. The molecule has 0 fully saturated rings. The molecule has 0 unspecified atom stereocenters. The Morgan fingerprint density at radius 3 is 2.34 bits per heavy atom. The van der Waals surface area contributed by atoms with Crippen molar-refractivity contribution in [3.8, 4) is 0 Å². The molecule has 8 heteroatoms. The highest BCUT2D eigenvalue weighted by molar-refractivity contribution is 6.30. The summed E-state index contributed by atoms with van der Waals surface area (Å²) >= 11 is 6.17. The summed E-state index contributed by atoms with van der Waals surface area (Å²) in [7, 11) is 0. The lowest BCUT2D eigenvalue weighted by Crippen LogP contribution is -2.32. The van der Waals surface area contributed by atoms with E-state index in [-0.39, 0.29) is 11.8 Å². The normalized spacial score (nSPS) is 14.5. The van der Waals surface area contributed by atoms with Crippen LogP contribution in [0, 0.1) is 20.8 Å². The van der Waals surface area contributed by atoms with E-state index in [2.05, 4.69) is 21.0 Å². The summed E-state index contributed by atoms with van der Waals surface area (Å²) in [6, 6.07) is 20.2. The summed E-state index contributed by atoms with van der Waals surface area (Å²) in [5, 5.41) is 14.4. The first-order valence-electron chi connectivity index (χ1n) is 12.3. The van der Waals surface area contributed by atoms with E-state index in [1.54, 1.807) is 16.8 Å². The van der Waals surface area contributed by atoms with Gasteiger partial charge < -0.3 is 16.0 Å². The van der Waals surface area contributed by atoms with Crippen LogP contribution in [0.15, 0.2) is 84.2 Å². The molecule has 1 atom stereocenters. The number of allylic oxidation sites excluding steroid dienone is 1. The summed E-state index contributed by atoms with van der Waals surface area (Å²) in [6.07, 6.45) is 1.52. The number of rotatable bonds is 5. The van der Waals surface area contributed by atoms with Gasteiger partial charge >= 0.3 is 0 Å². The molecule has 3 aromatic carbocycles. The van der Waals surface area contributed by atoms with Crippen molar-refractivity contribution in [2.45, 2.75) is 33.7 Å². The van der Waals surface area contributed by atoms with Crippen LogP contribution in [0.4, 0.5) is 17.2 Å². The van der Waals surface area contributed by atoms with Crippen LogP contribution in [0.3, 0.4) is 0 Å². The average molecular weight is 526 g/mol. The maximum absolute atomic E-state index is 13.7. The second-order valence-corrected chi connectivity index (χ2v) is 10.0. The number of hydrogen-bond donors (Lipinski definition) is 3. The van der Waals surface area contributed by atoms with E-state index in [0.29, 0.717) is 33.4 Å². The molecule has 0 spiro atoms. The van der Waals surface area contributed by atoms with Crippen molar-refractivity contribution in [3.05, 3.63) is 117 Å². The fraction of sp³-hybridized carbons (Fsp3) is 0.167. The standard InChI is InChI=1S/C30H28ClN5O2/c1-17-6-5-7-23(15-17)34-29(37)24-16-32-36-27(21-9-11-22(31)12-10-21)26(20(4)33-28(24)36)30(38)35-25-13-8-18(2)14-19(25)3/h5-16,27,33H,1-4H3,(H,34,37)(H,35,38)/t27-/m0/s1. The van der Waals surface area contributed by atoms with Gasteiger partial charge in [0.15, 0.2) is 0 Å². The Morgan fingerprint density at radius 2 is 1.63 bits per heavy atom. The fourth-order valence-electron chi connectivity index (χ4n) is 4.73. The smallest absolute Gasteiger partial charge is 0.261 e. The van der Waals surface area contributed by atoms with Gasteiger partial charge in [-0.1, -0.05) is 53.6 Å². The van der Waals surface area contributed by atoms with E-state index in [1.807, 2.05) is 82.3 Å². The molecule has 0 radical (unpaired) electrons. The minimum atomic E-state index is -0.574. The Kier molecular flexibility index (Phi) is 6.78. The molecule has 0 saturated heterocycles. The lowest BCUT2D eigenvalue weighted by atomic mass is 9.94. The molecule has 192 valence electrons. The highest BCUT2D eigenvalue weighted by atomic mass is 35.5. The molecular formula is C30H28ClN5O2. The minimum Gasteiger partial charge on any atom is -0.343 e. The van der Waals surface area contributed by atoms with Crippen LogP contribution < -0.4 is 16.0 Å². The van der Waals surface area contributed by atoms with Gasteiger partial charge in [0, 0.05) is 22.1 Å². The molecule has 5 rings (SSSR count). The van der Waals surface area contributed by atoms with Crippen LogP contribution in [-0.2, 0) is 4.79 Å². The molecule has 38 heavy (non-hydrogen) atoms. The molecule has 1 aliphatic rings. The van der Waals surface area contributed by atoms with E-state index in [1.165, 1.54) is 6.20 Å². The Bertz CT molecular complexity index is 1590. The predicted molar refractivity (Wildman–Crippen MR) is 152 cm³/mol. The highest BCUT2D eigenvalue weighted by Gasteiger charge is 2.35. The van der Waals surface area contributed by atoms with Gasteiger partial charge in [0.25, 0.3) is 11.8 Å². The quantitative estimate of drug-likeness (QED) is 0.272. The number of benzene rings is 3. The minimum absolute atomic E-state index is 0.256. The van der Waals surface area contributed by atoms with E-state index < -0.39 is 6.04 Å². The van der Waals surface area contributed by atoms with Crippen LogP contribution in [0.5, 0.6) is 0 Å². The van der Waals surface area contributed by atoms with Gasteiger partial charge in [0.2, 0.25) is 0 Å². The van der Waals surface area contributed by atoms with Crippen LogP contribution in [-0.4, -0.2) is 21.6 Å². The number of aryl methyl sites for hydroxylation is 3. The molecule has 2 amide bonds. The van der Waals surface area contributed by atoms with Crippen LogP contribution in [0.1, 0.15) is 45.6 Å². The number of hydrogen-bond acceptors (Lipinski definition) is 4. The van der Waals surface area contributed by atoms with Crippen molar-refractivity contribution in [3.63, 3.8) is 0 Å². The molecule has 3 N–H and O–H groups in total. The van der Waals surface area contributed by atoms with Crippen molar-refractivity contribution in [2.24, 2.45) is 0 Å². The SMILES string of the molecule is CC1=C(C(=O)Nc2ccc(C)cc2C)[C@H](c2ccc(Cl)cc2)n2ncc(C(=O)Nc3cccc(C)c3)c2N1. The first-order chi connectivity index (χ1) is 18.2. The zero-order valence-corrected chi connectivity index (χ0v) is 22.4. The third kappa shape index (κ3) is 4.93. The third-order valence-electron chi connectivity index (χ3n) is 6.60. The average Bonchev–Trinajstić information content (AvgIpc) is 3.29. The number of nitrogens with zero attached hydrogens (tertiary/aromatic N) is 2. The molecule has 0 saturated carbocycles.